The van der Waals surface area contributed by atoms with Gasteiger partial charge in [-0.05, 0) is 30.9 Å². The summed E-state index contributed by atoms with van der Waals surface area (Å²) in [6.45, 7) is 0. The van der Waals surface area contributed by atoms with Gasteiger partial charge in [0.15, 0.2) is 11.6 Å². The molecule has 3 nitrogen and oxygen atoms in total. The van der Waals surface area contributed by atoms with E-state index in [4.69, 9.17) is 4.74 Å². The van der Waals surface area contributed by atoms with Crippen molar-refractivity contribution < 1.29 is 14.3 Å². The van der Waals surface area contributed by atoms with Gasteiger partial charge in [-0.25, -0.2) is 0 Å². The quantitative estimate of drug-likeness (QED) is 0.623. The number of fused-ring (bicyclic) bond motifs is 1. The zero-order chi connectivity index (χ0) is 11.3. The fraction of sp³-hybridized carbons (Fsp3) is 0.538. The van der Waals surface area contributed by atoms with Crippen molar-refractivity contribution in [3.63, 3.8) is 0 Å². The minimum absolute atomic E-state index is 0.0421. The number of carbonyl (C=O) groups excluding carboxylic acids is 2. The second kappa shape index (κ2) is 3.14. The third kappa shape index (κ3) is 1.07. The average molecular weight is 218 g/mol. The molecule has 0 heterocycles. The lowest BCUT2D eigenvalue weighted by Crippen LogP contribution is -2.57. The predicted molar refractivity (Wildman–Crippen MR) is 57.7 cm³/mol. The Morgan fingerprint density at radius 2 is 2.06 bits per heavy atom. The van der Waals surface area contributed by atoms with Crippen LogP contribution >= 0.6 is 0 Å². The monoisotopic (exact) mass is 218 g/mol. The zero-order valence-electron chi connectivity index (χ0n) is 9.18. The highest BCUT2D eigenvalue weighted by Crippen LogP contribution is 2.51. The molecule has 4 aliphatic rings. The number of allylic oxidation sites excluding steroid dienone is 3. The summed E-state index contributed by atoms with van der Waals surface area (Å²) in [6.07, 6.45) is 8.68. The maximum Gasteiger partial charge on any atom is 0.162 e. The first-order valence-electron chi connectivity index (χ1n) is 5.68. The van der Waals surface area contributed by atoms with Crippen molar-refractivity contribution in [1.82, 2.24) is 0 Å². The van der Waals surface area contributed by atoms with Crippen LogP contribution in [0.1, 0.15) is 12.8 Å². The van der Waals surface area contributed by atoms with Gasteiger partial charge < -0.3 is 4.74 Å². The highest BCUT2D eigenvalue weighted by atomic mass is 16.5. The highest BCUT2D eigenvalue weighted by molar-refractivity contribution is 6.08. The minimum atomic E-state index is -0.531. The van der Waals surface area contributed by atoms with Crippen LogP contribution in [0.15, 0.2) is 24.3 Å². The van der Waals surface area contributed by atoms with E-state index in [9.17, 15) is 9.59 Å². The number of carbonyl (C=O) groups is 2. The molecule has 0 spiro atoms. The molecule has 0 N–H and O–H groups in total. The smallest absolute Gasteiger partial charge is 0.162 e. The van der Waals surface area contributed by atoms with Crippen LogP contribution in [0.3, 0.4) is 0 Å². The van der Waals surface area contributed by atoms with Gasteiger partial charge >= 0.3 is 0 Å². The fourth-order valence-corrected chi connectivity index (χ4v) is 3.44. The number of ketones is 2. The molecular formula is C13H14O3. The summed E-state index contributed by atoms with van der Waals surface area (Å²) < 4.78 is 5.56. The Hall–Kier alpha value is -1.22. The molecule has 0 aromatic heterocycles. The molecule has 84 valence electrons. The Morgan fingerprint density at radius 3 is 2.69 bits per heavy atom. The van der Waals surface area contributed by atoms with E-state index in [1.165, 1.54) is 12.2 Å². The summed E-state index contributed by atoms with van der Waals surface area (Å²) in [7, 11) is 1.63. The van der Waals surface area contributed by atoms with Crippen molar-refractivity contribution in [1.29, 1.82) is 0 Å². The molecule has 0 aromatic rings. The molecule has 4 atom stereocenters. The number of methoxy groups -OCH3 is 1. The summed E-state index contributed by atoms with van der Waals surface area (Å²) in [4.78, 5) is 23.9. The summed E-state index contributed by atoms with van der Waals surface area (Å²) in [5.74, 6) is -0.126. The van der Waals surface area contributed by atoms with Gasteiger partial charge in [-0.15, -0.1) is 0 Å². The van der Waals surface area contributed by atoms with Gasteiger partial charge in [0.1, 0.15) is 0 Å². The molecule has 4 unspecified atom stereocenters. The van der Waals surface area contributed by atoms with Gasteiger partial charge in [0.25, 0.3) is 0 Å². The second-order valence-corrected chi connectivity index (χ2v) is 4.86. The molecular weight excluding hydrogens is 204 g/mol. The van der Waals surface area contributed by atoms with Crippen LogP contribution in [0.2, 0.25) is 0 Å². The van der Waals surface area contributed by atoms with Crippen molar-refractivity contribution in [3.05, 3.63) is 24.3 Å². The van der Waals surface area contributed by atoms with E-state index in [1.807, 2.05) is 6.08 Å². The Kier molecular flexibility index (Phi) is 1.96. The van der Waals surface area contributed by atoms with Gasteiger partial charge in [-0.3, -0.25) is 9.59 Å². The minimum Gasteiger partial charge on any atom is -0.373 e. The first kappa shape index (κ1) is 9.97. The van der Waals surface area contributed by atoms with E-state index in [2.05, 4.69) is 6.08 Å². The topological polar surface area (TPSA) is 43.4 Å². The van der Waals surface area contributed by atoms with Gasteiger partial charge in [0, 0.05) is 13.0 Å². The third-order valence-corrected chi connectivity index (χ3v) is 4.27. The molecule has 4 rings (SSSR count). The second-order valence-electron chi connectivity index (χ2n) is 4.86. The Balaban J connectivity index is 2.14. The van der Waals surface area contributed by atoms with Crippen molar-refractivity contribution in [2.45, 2.75) is 18.4 Å². The lowest BCUT2D eigenvalue weighted by Gasteiger charge is -2.51. The van der Waals surface area contributed by atoms with Crippen LogP contribution in [-0.2, 0) is 14.3 Å². The molecule has 3 heteroatoms. The van der Waals surface area contributed by atoms with Crippen LogP contribution in [0.5, 0.6) is 0 Å². The molecule has 0 saturated heterocycles. The van der Waals surface area contributed by atoms with Crippen molar-refractivity contribution in [2.75, 3.05) is 7.11 Å². The molecule has 1 fully saturated rings. The fourth-order valence-electron chi connectivity index (χ4n) is 3.44. The van der Waals surface area contributed by atoms with Crippen molar-refractivity contribution in [2.24, 2.45) is 17.8 Å². The SMILES string of the molecule is COC12C=CC(CC1)C1C(=O)C=CC(=O)C12. The van der Waals surface area contributed by atoms with E-state index in [1.54, 1.807) is 7.11 Å². The van der Waals surface area contributed by atoms with Gasteiger partial charge in [0.2, 0.25) is 0 Å². The number of hydrogen-bond donors (Lipinski definition) is 0. The molecule has 0 aromatic carbocycles. The lowest BCUT2D eigenvalue weighted by atomic mass is 9.56. The summed E-state index contributed by atoms with van der Waals surface area (Å²) in [5.41, 5.74) is -0.531. The van der Waals surface area contributed by atoms with Crippen LogP contribution < -0.4 is 0 Å². The van der Waals surface area contributed by atoms with Crippen LogP contribution in [0.4, 0.5) is 0 Å². The summed E-state index contributed by atoms with van der Waals surface area (Å²) >= 11 is 0. The van der Waals surface area contributed by atoms with Gasteiger partial charge in [0.05, 0.1) is 11.5 Å². The predicted octanol–water partition coefficient (Wildman–Crippen LogP) is 1.29. The molecule has 0 aliphatic heterocycles. The van der Waals surface area contributed by atoms with Crippen molar-refractivity contribution >= 4 is 11.6 Å². The van der Waals surface area contributed by atoms with Gasteiger partial charge in [-0.1, -0.05) is 12.2 Å². The maximum atomic E-state index is 12.0. The normalized spacial score (nSPS) is 44.9. The Labute approximate surface area is 94.2 Å². The van der Waals surface area contributed by atoms with E-state index < -0.39 is 5.60 Å². The molecule has 4 aliphatic carbocycles. The van der Waals surface area contributed by atoms with Gasteiger partial charge in [-0.2, -0.15) is 0 Å². The van der Waals surface area contributed by atoms with E-state index in [0.29, 0.717) is 0 Å². The first-order valence-corrected chi connectivity index (χ1v) is 5.68. The summed E-state index contributed by atoms with van der Waals surface area (Å²) in [6, 6.07) is 0. The van der Waals surface area contributed by atoms with E-state index in [-0.39, 0.29) is 29.3 Å². The number of hydrogen-bond acceptors (Lipinski definition) is 3. The highest BCUT2D eigenvalue weighted by Gasteiger charge is 2.56. The first-order chi connectivity index (χ1) is 7.68. The molecule has 0 radical (unpaired) electrons. The Bertz CT molecular complexity index is 421. The standard InChI is InChI=1S/C13H14O3/c1-16-13-6-4-8(5-7-13)11-9(14)2-3-10(15)12(11)13/h2-4,6,8,11-12H,5,7H2,1H3. The summed E-state index contributed by atoms with van der Waals surface area (Å²) in [5, 5.41) is 0. The molecule has 0 amide bonds. The van der Waals surface area contributed by atoms with Crippen LogP contribution in [0, 0.1) is 17.8 Å². The zero-order valence-corrected chi connectivity index (χ0v) is 9.18. The number of rotatable bonds is 1. The number of ether oxygens (including phenoxy) is 1. The average Bonchev–Trinajstić information content (AvgIpc) is 2.35. The molecule has 1 saturated carbocycles. The molecule has 16 heavy (non-hydrogen) atoms. The van der Waals surface area contributed by atoms with Crippen molar-refractivity contribution in [3.8, 4) is 0 Å². The van der Waals surface area contributed by atoms with E-state index >= 15 is 0 Å². The van der Waals surface area contributed by atoms with Crippen LogP contribution in [-0.4, -0.2) is 24.3 Å². The lowest BCUT2D eigenvalue weighted by molar-refractivity contribution is -0.150. The largest absolute Gasteiger partial charge is 0.373 e. The maximum absolute atomic E-state index is 12.0. The van der Waals surface area contributed by atoms with E-state index in [0.717, 1.165) is 12.8 Å². The Morgan fingerprint density at radius 1 is 1.31 bits per heavy atom. The third-order valence-electron chi connectivity index (χ3n) is 4.27. The van der Waals surface area contributed by atoms with Crippen LogP contribution in [0.25, 0.3) is 0 Å². The molecule has 2 bridgehead atoms.